The van der Waals surface area contributed by atoms with Gasteiger partial charge in [0.2, 0.25) is 0 Å². The number of aromatic nitrogens is 4. The Hall–Kier alpha value is -3.33. The van der Waals surface area contributed by atoms with Gasteiger partial charge in [-0.25, -0.2) is 14.8 Å². The number of hydrogen-bond donors (Lipinski definition) is 0. The Labute approximate surface area is 163 Å². The normalized spacial score (nSPS) is 11.2. The van der Waals surface area contributed by atoms with Gasteiger partial charge in [-0.05, 0) is 24.3 Å². The molecular formula is C19H17N5O3S. The lowest BCUT2D eigenvalue weighted by atomic mass is 10.2. The minimum Gasteiger partial charge on any atom is -0.334 e. The van der Waals surface area contributed by atoms with Crippen LogP contribution in [-0.4, -0.2) is 37.0 Å². The van der Waals surface area contributed by atoms with Crippen molar-refractivity contribution in [1.29, 1.82) is 0 Å². The maximum Gasteiger partial charge on any atom is 0.332 e. The number of benzene rings is 1. The van der Waals surface area contributed by atoms with E-state index in [9.17, 15) is 14.4 Å². The number of nitrogens with zero attached hydrogens (tertiary/aromatic N) is 5. The molecule has 0 saturated heterocycles. The number of amides is 1. The zero-order valence-electron chi connectivity index (χ0n) is 15.5. The van der Waals surface area contributed by atoms with Crippen LogP contribution >= 0.6 is 11.3 Å². The summed E-state index contributed by atoms with van der Waals surface area (Å²) in [7, 11) is 4.61. The second kappa shape index (κ2) is 6.68. The highest BCUT2D eigenvalue weighted by Crippen LogP contribution is 2.22. The van der Waals surface area contributed by atoms with Crippen LogP contribution in [0.1, 0.15) is 15.5 Å². The van der Waals surface area contributed by atoms with Crippen molar-refractivity contribution < 1.29 is 4.79 Å². The fraction of sp³-hybridized carbons (Fsp3) is 0.211. The number of rotatable bonds is 3. The summed E-state index contributed by atoms with van der Waals surface area (Å²) in [6.07, 6.45) is 0. The smallest absolute Gasteiger partial charge is 0.332 e. The third kappa shape index (κ3) is 2.89. The molecule has 0 bridgehead atoms. The Bertz CT molecular complexity index is 1320. The van der Waals surface area contributed by atoms with Crippen molar-refractivity contribution in [3.05, 3.63) is 67.9 Å². The maximum absolute atomic E-state index is 12.8. The van der Waals surface area contributed by atoms with Crippen LogP contribution in [0.25, 0.3) is 21.3 Å². The lowest BCUT2D eigenvalue weighted by molar-refractivity contribution is 0.0779. The van der Waals surface area contributed by atoms with Gasteiger partial charge in [0.25, 0.3) is 11.5 Å². The number of aryl methyl sites for hydroxylation is 1. The number of carbonyl (C=O) groups excluding carboxylic acids is 1. The van der Waals surface area contributed by atoms with E-state index in [1.165, 1.54) is 47.0 Å². The quantitative estimate of drug-likeness (QED) is 0.525. The fourth-order valence-corrected chi connectivity index (χ4v) is 4.05. The van der Waals surface area contributed by atoms with E-state index in [0.717, 1.165) is 19.8 Å². The summed E-state index contributed by atoms with van der Waals surface area (Å²) >= 11 is 1.53. The first-order valence-electron chi connectivity index (χ1n) is 8.53. The molecule has 9 heteroatoms. The van der Waals surface area contributed by atoms with Gasteiger partial charge >= 0.3 is 5.69 Å². The Morgan fingerprint density at radius 2 is 1.82 bits per heavy atom. The highest BCUT2D eigenvalue weighted by Gasteiger charge is 2.18. The summed E-state index contributed by atoms with van der Waals surface area (Å²) in [4.78, 5) is 47.5. The molecule has 4 rings (SSSR count). The summed E-state index contributed by atoms with van der Waals surface area (Å²) in [5, 5.41) is 1.11. The van der Waals surface area contributed by atoms with Gasteiger partial charge in [-0.2, -0.15) is 0 Å². The maximum atomic E-state index is 12.8. The van der Waals surface area contributed by atoms with E-state index in [2.05, 4.69) is 9.97 Å². The number of carbonyl (C=O) groups is 1. The van der Waals surface area contributed by atoms with Crippen LogP contribution in [0.3, 0.4) is 0 Å². The zero-order chi connectivity index (χ0) is 20.0. The number of pyridine rings is 1. The largest absolute Gasteiger partial charge is 0.334 e. The standard InChI is InChI=1S/C19H17N5O3S/c1-22(10-15-20-12-6-4-5-7-14(12)28-15)18(26)13-9-8-11-16(21-13)23(2)19(27)24(3)17(11)25/h4-9H,10H2,1-3H3. The molecule has 3 aromatic heterocycles. The first-order valence-corrected chi connectivity index (χ1v) is 9.35. The first-order chi connectivity index (χ1) is 13.4. The van der Waals surface area contributed by atoms with E-state index in [1.807, 2.05) is 24.3 Å². The first kappa shape index (κ1) is 18.1. The Morgan fingerprint density at radius 1 is 1.07 bits per heavy atom. The van der Waals surface area contributed by atoms with Crippen LogP contribution in [0.5, 0.6) is 0 Å². The van der Waals surface area contributed by atoms with Crippen molar-refractivity contribution >= 4 is 38.5 Å². The summed E-state index contributed by atoms with van der Waals surface area (Å²) < 4.78 is 3.35. The van der Waals surface area contributed by atoms with Crippen molar-refractivity contribution in [3.8, 4) is 0 Å². The molecule has 3 heterocycles. The molecule has 4 aromatic rings. The second-order valence-corrected chi connectivity index (χ2v) is 7.63. The van der Waals surface area contributed by atoms with E-state index >= 15 is 0 Å². The van der Waals surface area contributed by atoms with Gasteiger partial charge in [0.1, 0.15) is 16.3 Å². The topological polar surface area (TPSA) is 90.1 Å². The molecule has 0 fully saturated rings. The average Bonchev–Trinajstić information content (AvgIpc) is 3.11. The molecule has 1 aromatic carbocycles. The number of hydrogen-bond acceptors (Lipinski definition) is 6. The van der Waals surface area contributed by atoms with Crippen molar-refractivity contribution in [1.82, 2.24) is 24.0 Å². The van der Waals surface area contributed by atoms with E-state index < -0.39 is 11.2 Å². The van der Waals surface area contributed by atoms with Crippen molar-refractivity contribution in [3.63, 3.8) is 0 Å². The molecule has 0 radical (unpaired) electrons. The van der Waals surface area contributed by atoms with Crippen molar-refractivity contribution in [2.75, 3.05) is 7.05 Å². The van der Waals surface area contributed by atoms with Crippen LogP contribution < -0.4 is 11.2 Å². The van der Waals surface area contributed by atoms with E-state index in [4.69, 9.17) is 0 Å². The van der Waals surface area contributed by atoms with Crippen LogP contribution in [0.4, 0.5) is 0 Å². The SMILES string of the molecule is CN(Cc1nc2ccccc2s1)C(=O)c1ccc2c(=O)n(C)c(=O)n(C)c2n1. The molecule has 1 amide bonds. The highest BCUT2D eigenvalue weighted by atomic mass is 32.1. The molecule has 0 aliphatic rings. The molecule has 0 spiro atoms. The number of fused-ring (bicyclic) bond motifs is 2. The molecule has 0 aliphatic carbocycles. The van der Waals surface area contributed by atoms with Gasteiger partial charge in [-0.3, -0.25) is 18.7 Å². The van der Waals surface area contributed by atoms with Crippen LogP contribution in [0, 0.1) is 0 Å². The molecule has 142 valence electrons. The molecular weight excluding hydrogens is 378 g/mol. The summed E-state index contributed by atoms with van der Waals surface area (Å²) in [5.41, 5.74) is 0.328. The lowest BCUT2D eigenvalue weighted by Gasteiger charge is -2.15. The molecule has 28 heavy (non-hydrogen) atoms. The van der Waals surface area contributed by atoms with Gasteiger partial charge in [0, 0.05) is 21.1 Å². The van der Waals surface area contributed by atoms with E-state index in [1.54, 1.807) is 7.05 Å². The molecule has 0 saturated carbocycles. The van der Waals surface area contributed by atoms with Crippen LogP contribution in [-0.2, 0) is 20.6 Å². The molecule has 0 aliphatic heterocycles. The molecule has 0 unspecified atom stereocenters. The third-order valence-corrected chi connectivity index (χ3v) is 5.60. The predicted molar refractivity (Wildman–Crippen MR) is 108 cm³/mol. The van der Waals surface area contributed by atoms with Gasteiger partial charge in [0.15, 0.2) is 0 Å². The Kier molecular flexibility index (Phi) is 4.31. The van der Waals surface area contributed by atoms with Gasteiger partial charge < -0.3 is 4.90 Å². The van der Waals surface area contributed by atoms with E-state index in [0.29, 0.717) is 6.54 Å². The monoisotopic (exact) mass is 395 g/mol. The summed E-state index contributed by atoms with van der Waals surface area (Å²) in [6, 6.07) is 10.8. The number of para-hydroxylation sites is 1. The Balaban J connectivity index is 1.68. The minimum absolute atomic E-state index is 0.166. The third-order valence-electron chi connectivity index (χ3n) is 4.58. The summed E-state index contributed by atoms with van der Waals surface area (Å²) in [6.45, 7) is 0.341. The average molecular weight is 395 g/mol. The molecule has 0 N–H and O–H groups in total. The minimum atomic E-state index is -0.488. The lowest BCUT2D eigenvalue weighted by Crippen LogP contribution is -2.37. The summed E-state index contributed by atoms with van der Waals surface area (Å²) in [5.74, 6) is -0.311. The second-order valence-electron chi connectivity index (χ2n) is 6.51. The van der Waals surface area contributed by atoms with Crippen molar-refractivity contribution in [2.45, 2.75) is 6.54 Å². The predicted octanol–water partition coefficient (Wildman–Crippen LogP) is 1.51. The fourth-order valence-electron chi connectivity index (χ4n) is 3.03. The highest BCUT2D eigenvalue weighted by molar-refractivity contribution is 7.18. The Morgan fingerprint density at radius 3 is 2.57 bits per heavy atom. The van der Waals surface area contributed by atoms with Gasteiger partial charge in [0.05, 0.1) is 22.1 Å². The van der Waals surface area contributed by atoms with Crippen molar-refractivity contribution in [2.24, 2.45) is 14.1 Å². The van der Waals surface area contributed by atoms with E-state index in [-0.39, 0.29) is 22.6 Å². The zero-order valence-corrected chi connectivity index (χ0v) is 16.4. The van der Waals surface area contributed by atoms with Crippen LogP contribution in [0.15, 0.2) is 46.0 Å². The number of thiazole rings is 1. The van der Waals surface area contributed by atoms with Gasteiger partial charge in [-0.1, -0.05) is 12.1 Å². The molecule has 8 nitrogen and oxygen atoms in total. The van der Waals surface area contributed by atoms with Gasteiger partial charge in [-0.15, -0.1) is 11.3 Å². The van der Waals surface area contributed by atoms with Crippen LogP contribution in [0.2, 0.25) is 0 Å². The molecule has 0 atom stereocenters.